The Balaban J connectivity index is 2.29. The van der Waals surface area contributed by atoms with Gasteiger partial charge in [0.2, 0.25) is 0 Å². The molecule has 0 amide bonds. The third-order valence-corrected chi connectivity index (χ3v) is 3.04. The third-order valence-electron chi connectivity index (χ3n) is 1.80. The highest BCUT2D eigenvalue weighted by atomic mass is 32.2. The number of hydrogen-bond donors (Lipinski definition) is 0. The van der Waals surface area contributed by atoms with Crippen molar-refractivity contribution in [2.24, 2.45) is 5.92 Å². The molecule has 0 saturated carbocycles. The summed E-state index contributed by atoms with van der Waals surface area (Å²) in [6.45, 7) is 1.60. The van der Waals surface area contributed by atoms with Gasteiger partial charge in [-0.3, -0.25) is 4.79 Å². The number of carbonyl (C=O) groups is 1. The van der Waals surface area contributed by atoms with Crippen LogP contribution in [0.2, 0.25) is 0 Å². The summed E-state index contributed by atoms with van der Waals surface area (Å²) in [6, 6.07) is 0. The highest BCUT2D eigenvalue weighted by Gasteiger charge is 2.09. The summed E-state index contributed by atoms with van der Waals surface area (Å²) in [4.78, 5) is 10.6. The van der Waals surface area contributed by atoms with Crippen LogP contribution in [-0.2, 0) is 4.79 Å². The average molecular weight is 170 g/mol. The number of carbonyl (C=O) groups excluding carboxylic acids is 1. The highest BCUT2D eigenvalue weighted by Crippen LogP contribution is 2.23. The average Bonchev–Trinajstić information content (AvgIpc) is 2.03. The van der Waals surface area contributed by atoms with Crippen molar-refractivity contribution in [2.45, 2.75) is 19.8 Å². The van der Waals surface area contributed by atoms with E-state index in [2.05, 4.69) is 6.08 Å². The molecule has 0 aromatic rings. The van der Waals surface area contributed by atoms with E-state index in [4.69, 9.17) is 0 Å². The Morgan fingerprint density at radius 1 is 1.64 bits per heavy atom. The number of ketones is 1. The van der Waals surface area contributed by atoms with Crippen LogP contribution in [-0.4, -0.2) is 17.3 Å². The van der Waals surface area contributed by atoms with Crippen molar-refractivity contribution in [1.29, 1.82) is 0 Å². The molecule has 0 bridgehead atoms. The van der Waals surface area contributed by atoms with Crippen LogP contribution < -0.4 is 0 Å². The van der Waals surface area contributed by atoms with Crippen LogP contribution in [0.3, 0.4) is 0 Å². The SMILES string of the molecule is CC(=O)C=CC1CCCSC1. The van der Waals surface area contributed by atoms with Crippen LogP contribution in [0.5, 0.6) is 0 Å². The Bertz CT molecular complexity index is 157. The van der Waals surface area contributed by atoms with Gasteiger partial charge in [0.1, 0.15) is 0 Å². The minimum atomic E-state index is 0.167. The molecule has 0 N–H and O–H groups in total. The van der Waals surface area contributed by atoms with Gasteiger partial charge in [0, 0.05) is 0 Å². The molecule has 1 unspecified atom stereocenters. The normalized spacial score (nSPS) is 25.7. The van der Waals surface area contributed by atoms with Crippen LogP contribution in [0.25, 0.3) is 0 Å². The molecule has 1 nitrogen and oxygen atoms in total. The number of rotatable bonds is 2. The minimum absolute atomic E-state index is 0.167. The molecule has 0 aromatic carbocycles. The lowest BCUT2D eigenvalue weighted by Crippen LogP contribution is -2.07. The van der Waals surface area contributed by atoms with E-state index in [1.54, 1.807) is 13.0 Å². The molecule has 1 aliphatic rings. The van der Waals surface area contributed by atoms with Crippen LogP contribution in [0.4, 0.5) is 0 Å². The van der Waals surface area contributed by atoms with Gasteiger partial charge in [-0.1, -0.05) is 6.08 Å². The molecule has 62 valence electrons. The van der Waals surface area contributed by atoms with Gasteiger partial charge in [0.25, 0.3) is 0 Å². The van der Waals surface area contributed by atoms with Gasteiger partial charge >= 0.3 is 0 Å². The predicted molar refractivity (Wildman–Crippen MR) is 49.9 cm³/mol. The fourth-order valence-corrected chi connectivity index (χ4v) is 2.31. The number of thioether (sulfide) groups is 1. The Hall–Kier alpha value is -0.240. The van der Waals surface area contributed by atoms with Crippen LogP contribution >= 0.6 is 11.8 Å². The second-order valence-corrected chi connectivity index (χ2v) is 4.10. The third kappa shape index (κ3) is 3.61. The smallest absolute Gasteiger partial charge is 0.152 e. The van der Waals surface area contributed by atoms with Crippen LogP contribution in [0.1, 0.15) is 19.8 Å². The van der Waals surface area contributed by atoms with Crippen LogP contribution in [0, 0.1) is 5.92 Å². The van der Waals surface area contributed by atoms with E-state index >= 15 is 0 Å². The Morgan fingerprint density at radius 3 is 3.00 bits per heavy atom. The molecule has 0 aromatic heterocycles. The molecule has 1 rings (SSSR count). The molecule has 1 aliphatic heterocycles. The number of allylic oxidation sites excluding steroid dienone is 2. The van der Waals surface area contributed by atoms with Gasteiger partial charge in [-0.05, 0) is 43.3 Å². The fourth-order valence-electron chi connectivity index (χ4n) is 1.19. The predicted octanol–water partition coefficient (Wildman–Crippen LogP) is 2.27. The van der Waals surface area contributed by atoms with Gasteiger partial charge in [0.15, 0.2) is 5.78 Å². The molecular weight excluding hydrogens is 156 g/mol. The van der Waals surface area contributed by atoms with Crippen molar-refractivity contribution in [3.05, 3.63) is 12.2 Å². The molecule has 0 radical (unpaired) electrons. The fraction of sp³-hybridized carbons (Fsp3) is 0.667. The first-order valence-corrected chi connectivity index (χ1v) is 5.21. The summed E-state index contributed by atoms with van der Waals surface area (Å²) in [7, 11) is 0. The lowest BCUT2D eigenvalue weighted by molar-refractivity contribution is -0.112. The zero-order valence-corrected chi connectivity index (χ0v) is 7.69. The summed E-state index contributed by atoms with van der Waals surface area (Å²) in [6.07, 6.45) is 6.33. The van der Waals surface area contributed by atoms with Crippen molar-refractivity contribution in [3.8, 4) is 0 Å². The Kier molecular flexibility index (Phi) is 3.70. The maximum atomic E-state index is 10.6. The first kappa shape index (κ1) is 8.85. The first-order chi connectivity index (χ1) is 5.29. The first-order valence-electron chi connectivity index (χ1n) is 4.05. The molecule has 0 spiro atoms. The zero-order valence-electron chi connectivity index (χ0n) is 6.88. The molecular formula is C9H14OS. The van der Waals surface area contributed by atoms with Crippen molar-refractivity contribution in [2.75, 3.05) is 11.5 Å². The van der Waals surface area contributed by atoms with Crippen molar-refractivity contribution in [1.82, 2.24) is 0 Å². The van der Waals surface area contributed by atoms with Gasteiger partial charge < -0.3 is 0 Å². The van der Waals surface area contributed by atoms with E-state index in [-0.39, 0.29) is 5.78 Å². The molecule has 1 heterocycles. The zero-order chi connectivity index (χ0) is 8.10. The Morgan fingerprint density at radius 2 is 2.45 bits per heavy atom. The topological polar surface area (TPSA) is 17.1 Å². The van der Waals surface area contributed by atoms with Gasteiger partial charge in [0.05, 0.1) is 0 Å². The molecule has 2 heteroatoms. The summed E-state index contributed by atoms with van der Waals surface area (Å²) < 4.78 is 0. The summed E-state index contributed by atoms with van der Waals surface area (Å²) in [5, 5.41) is 0. The van der Waals surface area contributed by atoms with Crippen molar-refractivity contribution in [3.63, 3.8) is 0 Å². The molecule has 1 saturated heterocycles. The monoisotopic (exact) mass is 170 g/mol. The minimum Gasteiger partial charge on any atom is -0.295 e. The highest BCUT2D eigenvalue weighted by molar-refractivity contribution is 7.99. The molecule has 1 atom stereocenters. The van der Waals surface area contributed by atoms with E-state index < -0.39 is 0 Å². The lowest BCUT2D eigenvalue weighted by atomic mass is 10.0. The van der Waals surface area contributed by atoms with E-state index in [1.807, 2.05) is 11.8 Å². The largest absolute Gasteiger partial charge is 0.295 e. The molecule has 1 fully saturated rings. The van der Waals surface area contributed by atoms with Crippen LogP contribution in [0.15, 0.2) is 12.2 Å². The van der Waals surface area contributed by atoms with E-state index in [1.165, 1.54) is 24.3 Å². The van der Waals surface area contributed by atoms with Gasteiger partial charge in [-0.25, -0.2) is 0 Å². The van der Waals surface area contributed by atoms with Gasteiger partial charge in [-0.15, -0.1) is 0 Å². The van der Waals surface area contributed by atoms with E-state index in [0.29, 0.717) is 5.92 Å². The summed E-state index contributed by atoms with van der Waals surface area (Å²) >= 11 is 1.99. The van der Waals surface area contributed by atoms with Crippen molar-refractivity contribution < 1.29 is 4.79 Å². The summed E-state index contributed by atoms with van der Waals surface area (Å²) in [5.41, 5.74) is 0. The van der Waals surface area contributed by atoms with Gasteiger partial charge in [-0.2, -0.15) is 11.8 Å². The summed E-state index contributed by atoms with van der Waals surface area (Å²) in [5.74, 6) is 3.31. The lowest BCUT2D eigenvalue weighted by Gasteiger charge is -2.16. The maximum Gasteiger partial charge on any atom is 0.152 e. The molecule has 0 aliphatic carbocycles. The number of hydrogen-bond acceptors (Lipinski definition) is 2. The second kappa shape index (κ2) is 4.60. The van der Waals surface area contributed by atoms with E-state index in [0.717, 1.165) is 0 Å². The quantitative estimate of drug-likeness (QED) is 0.591. The van der Waals surface area contributed by atoms with E-state index in [9.17, 15) is 4.79 Å². The second-order valence-electron chi connectivity index (χ2n) is 2.95. The Labute approximate surface area is 72.2 Å². The van der Waals surface area contributed by atoms with Crippen molar-refractivity contribution >= 4 is 17.5 Å². The standard InChI is InChI=1S/C9H14OS/c1-8(10)4-5-9-3-2-6-11-7-9/h4-5,9H,2-3,6-7H2,1H3. The maximum absolute atomic E-state index is 10.6. The molecule has 11 heavy (non-hydrogen) atoms.